The first-order valence-electron chi connectivity index (χ1n) is 4.25. The number of hydrogen-bond acceptors (Lipinski definition) is 5. The second-order valence-electron chi connectivity index (χ2n) is 3.10. The highest BCUT2D eigenvalue weighted by Crippen LogP contribution is 2.17. The monoisotopic (exact) mass is 209 g/mol. The van der Waals surface area contributed by atoms with Crippen LogP contribution in [0.5, 0.6) is 0 Å². The van der Waals surface area contributed by atoms with Crippen molar-refractivity contribution in [1.82, 2.24) is 20.0 Å². The van der Waals surface area contributed by atoms with E-state index in [1.807, 2.05) is 13.2 Å². The van der Waals surface area contributed by atoms with Crippen LogP contribution in [0.3, 0.4) is 0 Å². The molecule has 2 rings (SSSR count). The third-order valence-electron chi connectivity index (χ3n) is 1.90. The summed E-state index contributed by atoms with van der Waals surface area (Å²) in [5.41, 5.74) is 8.67. The van der Waals surface area contributed by atoms with Crippen LogP contribution in [0.25, 0.3) is 0 Å². The lowest BCUT2D eigenvalue weighted by molar-refractivity contribution is 0.699. The first-order valence-corrected chi connectivity index (χ1v) is 5.13. The van der Waals surface area contributed by atoms with E-state index in [4.69, 9.17) is 5.73 Å². The molecule has 0 fully saturated rings. The van der Waals surface area contributed by atoms with Crippen LogP contribution >= 0.6 is 11.3 Å². The zero-order chi connectivity index (χ0) is 9.97. The molecule has 6 heteroatoms. The Morgan fingerprint density at radius 3 is 3.07 bits per heavy atom. The van der Waals surface area contributed by atoms with Crippen LogP contribution in [0.1, 0.15) is 16.6 Å². The van der Waals surface area contributed by atoms with E-state index in [0.29, 0.717) is 6.42 Å². The van der Waals surface area contributed by atoms with Gasteiger partial charge >= 0.3 is 0 Å². The van der Waals surface area contributed by atoms with Gasteiger partial charge in [-0.05, 0) is 0 Å². The summed E-state index contributed by atoms with van der Waals surface area (Å²) in [6.07, 6.45) is 4.38. The van der Waals surface area contributed by atoms with Gasteiger partial charge in [-0.2, -0.15) is 0 Å². The Bertz CT molecular complexity index is 394. The molecule has 1 atom stereocenters. The van der Waals surface area contributed by atoms with Gasteiger partial charge in [-0.15, -0.1) is 16.4 Å². The van der Waals surface area contributed by atoms with Crippen molar-refractivity contribution in [2.24, 2.45) is 12.8 Å². The van der Waals surface area contributed by atoms with Crippen LogP contribution in [-0.2, 0) is 13.5 Å². The average molecular weight is 209 g/mol. The molecular formula is C8H11N5S. The second kappa shape index (κ2) is 3.85. The minimum Gasteiger partial charge on any atom is -0.323 e. The number of aryl methyl sites for hydroxylation is 1. The van der Waals surface area contributed by atoms with Gasteiger partial charge in [0.1, 0.15) is 0 Å². The van der Waals surface area contributed by atoms with Crippen molar-refractivity contribution < 1.29 is 0 Å². The molecule has 0 bridgehead atoms. The second-order valence-corrected chi connectivity index (χ2v) is 4.02. The Hall–Kier alpha value is -1.27. The summed E-state index contributed by atoms with van der Waals surface area (Å²) in [4.78, 5) is 5.07. The highest BCUT2D eigenvalue weighted by atomic mass is 32.1. The summed E-state index contributed by atoms with van der Waals surface area (Å²) in [6.45, 7) is 0. The molecule has 2 aromatic heterocycles. The Morgan fingerprint density at radius 2 is 2.50 bits per heavy atom. The zero-order valence-electron chi connectivity index (χ0n) is 7.79. The number of hydrogen-bond donors (Lipinski definition) is 1. The maximum Gasteiger partial charge on any atom is 0.0846 e. The molecule has 0 saturated carbocycles. The molecule has 74 valence electrons. The predicted octanol–water partition coefficient (Wildman–Crippen LogP) is 0.514. The molecule has 0 amide bonds. The number of rotatable bonds is 3. The van der Waals surface area contributed by atoms with Gasteiger partial charge in [0.25, 0.3) is 0 Å². The maximum absolute atomic E-state index is 5.97. The van der Waals surface area contributed by atoms with E-state index < -0.39 is 0 Å². The minimum absolute atomic E-state index is 0.0285. The van der Waals surface area contributed by atoms with E-state index in [0.717, 1.165) is 10.6 Å². The molecular weight excluding hydrogens is 198 g/mol. The van der Waals surface area contributed by atoms with E-state index in [-0.39, 0.29) is 6.04 Å². The van der Waals surface area contributed by atoms with Crippen LogP contribution in [0.4, 0.5) is 0 Å². The quantitative estimate of drug-likeness (QED) is 0.799. The maximum atomic E-state index is 5.97. The van der Waals surface area contributed by atoms with Crippen LogP contribution in [0, 0.1) is 0 Å². The molecule has 0 aliphatic carbocycles. The van der Waals surface area contributed by atoms with E-state index in [9.17, 15) is 0 Å². The fraction of sp³-hybridized carbons (Fsp3) is 0.375. The summed E-state index contributed by atoms with van der Waals surface area (Å²) in [5.74, 6) is 0. The van der Waals surface area contributed by atoms with Crippen LogP contribution < -0.4 is 5.73 Å². The van der Waals surface area contributed by atoms with Crippen molar-refractivity contribution in [3.8, 4) is 0 Å². The summed E-state index contributed by atoms with van der Waals surface area (Å²) >= 11 is 1.57. The van der Waals surface area contributed by atoms with Crippen molar-refractivity contribution in [3.63, 3.8) is 0 Å². The molecule has 0 radical (unpaired) electrons. The molecule has 2 aromatic rings. The van der Waals surface area contributed by atoms with Crippen LogP contribution in [0.15, 0.2) is 17.9 Å². The van der Waals surface area contributed by atoms with E-state index in [1.165, 1.54) is 0 Å². The van der Waals surface area contributed by atoms with Gasteiger partial charge in [0, 0.05) is 36.8 Å². The van der Waals surface area contributed by atoms with Gasteiger partial charge in [-0.1, -0.05) is 5.21 Å². The molecule has 2 N–H and O–H groups in total. The standard InChI is InChI=1S/C8H11N5S/c1-13-4-6(11-12-13)2-7(9)8-3-10-5-14-8/h3-5,7H,2,9H2,1H3. The van der Waals surface area contributed by atoms with E-state index in [1.54, 1.807) is 27.7 Å². The lowest BCUT2D eigenvalue weighted by Crippen LogP contribution is -2.12. The molecule has 2 heterocycles. The fourth-order valence-corrected chi connectivity index (χ4v) is 1.85. The third kappa shape index (κ3) is 1.97. The smallest absolute Gasteiger partial charge is 0.0846 e. The van der Waals surface area contributed by atoms with Gasteiger partial charge in [0.05, 0.1) is 11.2 Å². The van der Waals surface area contributed by atoms with Gasteiger partial charge < -0.3 is 5.73 Å². The molecule has 14 heavy (non-hydrogen) atoms. The Kier molecular flexibility index (Phi) is 2.55. The van der Waals surface area contributed by atoms with Crippen molar-refractivity contribution in [3.05, 3.63) is 28.5 Å². The number of thiazole rings is 1. The van der Waals surface area contributed by atoms with Crippen LogP contribution in [0.2, 0.25) is 0 Å². The molecule has 5 nitrogen and oxygen atoms in total. The van der Waals surface area contributed by atoms with Gasteiger partial charge in [-0.25, -0.2) is 0 Å². The summed E-state index contributed by atoms with van der Waals surface area (Å²) < 4.78 is 1.68. The number of nitrogens with zero attached hydrogens (tertiary/aromatic N) is 4. The van der Waals surface area contributed by atoms with Crippen molar-refractivity contribution in [2.75, 3.05) is 0 Å². The van der Waals surface area contributed by atoms with E-state index >= 15 is 0 Å². The lowest BCUT2D eigenvalue weighted by Gasteiger charge is -2.04. The normalized spacial score (nSPS) is 13.0. The zero-order valence-corrected chi connectivity index (χ0v) is 8.61. The number of aromatic nitrogens is 4. The van der Waals surface area contributed by atoms with Gasteiger partial charge in [-0.3, -0.25) is 9.67 Å². The molecule has 0 aliphatic heterocycles. The van der Waals surface area contributed by atoms with Crippen molar-refractivity contribution >= 4 is 11.3 Å². The summed E-state index contributed by atoms with van der Waals surface area (Å²) in [7, 11) is 1.84. The highest BCUT2D eigenvalue weighted by molar-refractivity contribution is 7.09. The Labute approximate surface area is 85.6 Å². The van der Waals surface area contributed by atoms with Gasteiger partial charge in [0.2, 0.25) is 0 Å². The topological polar surface area (TPSA) is 69.6 Å². The summed E-state index contributed by atoms with van der Waals surface area (Å²) in [6, 6.07) is -0.0285. The van der Waals surface area contributed by atoms with E-state index in [2.05, 4.69) is 15.3 Å². The number of nitrogens with two attached hydrogens (primary N) is 1. The SMILES string of the molecule is Cn1cc(CC(N)c2cncs2)nn1. The lowest BCUT2D eigenvalue weighted by atomic mass is 10.1. The molecule has 0 aromatic carbocycles. The highest BCUT2D eigenvalue weighted by Gasteiger charge is 2.10. The molecule has 0 aliphatic rings. The largest absolute Gasteiger partial charge is 0.323 e. The molecule has 0 saturated heterocycles. The molecule has 0 spiro atoms. The summed E-state index contributed by atoms with van der Waals surface area (Å²) in [5, 5.41) is 7.83. The molecule has 1 unspecified atom stereocenters. The third-order valence-corrected chi connectivity index (χ3v) is 2.80. The first kappa shape index (κ1) is 9.29. The predicted molar refractivity (Wildman–Crippen MR) is 53.7 cm³/mol. The van der Waals surface area contributed by atoms with Crippen molar-refractivity contribution in [1.29, 1.82) is 0 Å². The average Bonchev–Trinajstić information content (AvgIpc) is 2.75. The van der Waals surface area contributed by atoms with Crippen molar-refractivity contribution in [2.45, 2.75) is 12.5 Å². The van der Waals surface area contributed by atoms with Crippen LogP contribution in [-0.4, -0.2) is 20.0 Å². The first-order chi connectivity index (χ1) is 6.75. The fourth-order valence-electron chi connectivity index (χ4n) is 1.22. The minimum atomic E-state index is -0.0285. The van der Waals surface area contributed by atoms with Gasteiger partial charge in [0.15, 0.2) is 0 Å². The Balaban J connectivity index is 2.05. The Morgan fingerprint density at radius 1 is 1.64 bits per heavy atom.